The van der Waals surface area contributed by atoms with Crippen molar-refractivity contribution < 1.29 is 13.3 Å². The first kappa shape index (κ1) is 15.1. The minimum atomic E-state index is -3.70. The van der Waals surface area contributed by atoms with Crippen molar-refractivity contribution >= 4 is 33.2 Å². The van der Waals surface area contributed by atoms with Crippen LogP contribution in [0.1, 0.15) is 6.92 Å². The summed E-state index contributed by atoms with van der Waals surface area (Å²) in [6, 6.07) is 3.44. The van der Waals surface area contributed by atoms with Crippen LogP contribution in [0.2, 0.25) is 0 Å². The number of non-ortho nitro benzene ring substituents is 1. The van der Waals surface area contributed by atoms with Crippen LogP contribution in [-0.4, -0.2) is 41.7 Å². The number of nitrogens with two attached hydrogens (primary N) is 1. The molecule has 1 aromatic carbocycles. The van der Waals surface area contributed by atoms with E-state index in [4.69, 9.17) is 5.73 Å². The molecular formula is C11H15N3O4S2. The summed E-state index contributed by atoms with van der Waals surface area (Å²) in [6.45, 7) is 2.81. The molecule has 2 rings (SSSR count). The molecule has 9 heteroatoms. The van der Waals surface area contributed by atoms with Crippen molar-refractivity contribution in [2.75, 3.05) is 24.6 Å². The summed E-state index contributed by atoms with van der Waals surface area (Å²) < 4.78 is 26.4. The van der Waals surface area contributed by atoms with Crippen molar-refractivity contribution in [1.29, 1.82) is 0 Å². The fourth-order valence-corrected chi connectivity index (χ4v) is 4.88. The van der Waals surface area contributed by atoms with Gasteiger partial charge in [0, 0.05) is 36.2 Å². The van der Waals surface area contributed by atoms with Crippen LogP contribution < -0.4 is 5.73 Å². The predicted molar refractivity (Wildman–Crippen MR) is 78.2 cm³/mol. The summed E-state index contributed by atoms with van der Waals surface area (Å²) in [5.74, 6) is 0.729. The molecule has 0 aliphatic carbocycles. The van der Waals surface area contributed by atoms with Crippen LogP contribution in [0.3, 0.4) is 0 Å². The molecule has 0 aromatic heterocycles. The van der Waals surface area contributed by atoms with Gasteiger partial charge < -0.3 is 5.73 Å². The lowest BCUT2D eigenvalue weighted by Crippen LogP contribution is -2.41. The van der Waals surface area contributed by atoms with Crippen molar-refractivity contribution in [1.82, 2.24) is 4.31 Å². The molecule has 0 amide bonds. The molecule has 20 heavy (non-hydrogen) atoms. The lowest BCUT2D eigenvalue weighted by Gasteiger charge is -2.29. The van der Waals surface area contributed by atoms with E-state index in [2.05, 4.69) is 0 Å². The molecule has 0 spiro atoms. The summed E-state index contributed by atoms with van der Waals surface area (Å²) in [7, 11) is -3.70. The number of hydrogen-bond acceptors (Lipinski definition) is 6. The van der Waals surface area contributed by atoms with Crippen LogP contribution in [-0.2, 0) is 10.0 Å². The number of sulfonamides is 1. The third-order valence-electron chi connectivity index (χ3n) is 3.03. The molecule has 2 N–H and O–H groups in total. The largest absolute Gasteiger partial charge is 0.397 e. The predicted octanol–water partition coefficient (Wildman–Crippen LogP) is 1.30. The molecule has 0 bridgehead atoms. The Kier molecular flexibility index (Phi) is 4.21. The normalized spacial score (nSPS) is 20.8. The first-order valence-electron chi connectivity index (χ1n) is 5.98. The highest BCUT2D eigenvalue weighted by Gasteiger charge is 2.30. The Balaban J connectivity index is 2.36. The van der Waals surface area contributed by atoms with Crippen molar-refractivity contribution in [3.05, 3.63) is 28.3 Å². The molecule has 0 radical (unpaired) electrons. The molecule has 1 atom stereocenters. The summed E-state index contributed by atoms with van der Waals surface area (Å²) in [5.41, 5.74) is 5.36. The van der Waals surface area contributed by atoms with Gasteiger partial charge >= 0.3 is 0 Å². The number of nitrogen functional groups attached to an aromatic ring is 1. The maximum atomic E-state index is 12.5. The zero-order valence-electron chi connectivity index (χ0n) is 10.9. The molecule has 1 saturated heterocycles. The van der Waals surface area contributed by atoms with Crippen LogP contribution in [0.25, 0.3) is 0 Å². The van der Waals surface area contributed by atoms with Crippen LogP contribution in [0.15, 0.2) is 23.1 Å². The number of hydrogen-bond donors (Lipinski definition) is 1. The zero-order valence-corrected chi connectivity index (χ0v) is 12.5. The molecule has 1 unspecified atom stereocenters. The fraction of sp³-hybridized carbons (Fsp3) is 0.455. The minimum absolute atomic E-state index is 0.0674. The van der Waals surface area contributed by atoms with E-state index in [1.54, 1.807) is 11.8 Å². The van der Waals surface area contributed by atoms with Gasteiger partial charge in [0.05, 0.1) is 10.6 Å². The van der Waals surface area contributed by atoms with Gasteiger partial charge in [-0.25, -0.2) is 8.42 Å². The van der Waals surface area contributed by atoms with Crippen molar-refractivity contribution in [3.8, 4) is 0 Å². The van der Waals surface area contributed by atoms with E-state index >= 15 is 0 Å². The van der Waals surface area contributed by atoms with Crippen LogP contribution in [0, 0.1) is 10.1 Å². The Bertz CT molecular complexity index is 633. The zero-order chi connectivity index (χ0) is 14.9. The number of thioether (sulfide) groups is 1. The SMILES string of the molecule is CC1CN(S(=O)(=O)c2ccc([N+](=O)[O-])cc2N)CCS1. The number of benzene rings is 1. The average Bonchev–Trinajstić information content (AvgIpc) is 2.38. The fourth-order valence-electron chi connectivity index (χ4n) is 2.03. The van der Waals surface area contributed by atoms with Crippen LogP contribution in [0.4, 0.5) is 11.4 Å². The van der Waals surface area contributed by atoms with E-state index in [1.807, 2.05) is 6.92 Å². The molecule has 1 aliphatic rings. The quantitative estimate of drug-likeness (QED) is 0.511. The molecular weight excluding hydrogens is 302 g/mol. The van der Waals surface area contributed by atoms with Crippen molar-refractivity contribution in [3.63, 3.8) is 0 Å². The first-order chi connectivity index (χ1) is 9.32. The lowest BCUT2D eigenvalue weighted by molar-refractivity contribution is -0.384. The Morgan fingerprint density at radius 2 is 2.20 bits per heavy atom. The van der Waals surface area contributed by atoms with E-state index < -0.39 is 14.9 Å². The van der Waals surface area contributed by atoms with Gasteiger partial charge in [-0.2, -0.15) is 16.1 Å². The van der Waals surface area contributed by atoms with E-state index in [-0.39, 0.29) is 21.5 Å². The number of nitrogens with zero attached hydrogens (tertiary/aromatic N) is 2. The number of nitro groups is 1. The van der Waals surface area contributed by atoms with Gasteiger partial charge in [0.15, 0.2) is 0 Å². The average molecular weight is 317 g/mol. The Morgan fingerprint density at radius 1 is 1.50 bits per heavy atom. The first-order valence-corrected chi connectivity index (χ1v) is 8.47. The number of rotatable bonds is 3. The molecule has 0 saturated carbocycles. The topological polar surface area (TPSA) is 107 Å². The van der Waals surface area contributed by atoms with Gasteiger partial charge in [0.1, 0.15) is 4.90 Å². The van der Waals surface area contributed by atoms with Gasteiger partial charge in [-0.05, 0) is 6.07 Å². The second-order valence-electron chi connectivity index (χ2n) is 4.52. The van der Waals surface area contributed by atoms with Gasteiger partial charge in [0.25, 0.3) is 5.69 Å². The molecule has 7 nitrogen and oxygen atoms in total. The Hall–Kier alpha value is -1.32. The number of anilines is 1. The van der Waals surface area contributed by atoms with E-state index in [0.29, 0.717) is 13.1 Å². The van der Waals surface area contributed by atoms with Gasteiger partial charge in [-0.3, -0.25) is 10.1 Å². The molecule has 1 aromatic rings. The van der Waals surface area contributed by atoms with Crippen molar-refractivity contribution in [2.24, 2.45) is 0 Å². The minimum Gasteiger partial charge on any atom is -0.397 e. The van der Waals surface area contributed by atoms with Gasteiger partial charge in [-0.1, -0.05) is 6.92 Å². The third kappa shape index (κ3) is 2.89. The Morgan fingerprint density at radius 3 is 2.75 bits per heavy atom. The summed E-state index contributed by atoms with van der Waals surface area (Å²) in [5, 5.41) is 10.9. The smallest absolute Gasteiger partial charge is 0.271 e. The highest BCUT2D eigenvalue weighted by atomic mass is 32.2. The molecule has 1 aliphatic heterocycles. The van der Waals surface area contributed by atoms with Gasteiger partial charge in [0.2, 0.25) is 10.0 Å². The van der Waals surface area contributed by atoms with Crippen LogP contribution in [0.5, 0.6) is 0 Å². The highest BCUT2D eigenvalue weighted by Crippen LogP contribution is 2.29. The highest BCUT2D eigenvalue weighted by molar-refractivity contribution is 8.00. The van der Waals surface area contributed by atoms with E-state index in [0.717, 1.165) is 17.9 Å². The molecule has 110 valence electrons. The molecule has 1 fully saturated rings. The maximum Gasteiger partial charge on any atom is 0.271 e. The lowest BCUT2D eigenvalue weighted by atomic mass is 10.3. The summed E-state index contributed by atoms with van der Waals surface area (Å²) in [6.07, 6.45) is 0. The summed E-state index contributed by atoms with van der Waals surface area (Å²) >= 11 is 1.72. The second-order valence-corrected chi connectivity index (χ2v) is 7.98. The third-order valence-corrected chi connectivity index (χ3v) is 6.10. The van der Waals surface area contributed by atoms with Gasteiger partial charge in [-0.15, -0.1) is 0 Å². The van der Waals surface area contributed by atoms with E-state index in [9.17, 15) is 18.5 Å². The molecule has 1 heterocycles. The maximum absolute atomic E-state index is 12.5. The summed E-state index contributed by atoms with van der Waals surface area (Å²) in [4.78, 5) is 9.97. The van der Waals surface area contributed by atoms with Crippen LogP contribution >= 0.6 is 11.8 Å². The monoisotopic (exact) mass is 317 g/mol. The Labute approximate surface area is 121 Å². The van der Waals surface area contributed by atoms with Crippen molar-refractivity contribution in [2.45, 2.75) is 17.1 Å². The standard InChI is InChI=1S/C11H15N3O4S2/c1-8-7-13(4-5-19-8)20(17,18)11-3-2-9(14(15)16)6-10(11)12/h2-3,6,8H,4-5,7,12H2,1H3. The second kappa shape index (κ2) is 5.58. The van der Waals surface area contributed by atoms with E-state index in [1.165, 1.54) is 10.4 Å². The number of nitro benzene ring substituents is 1.